The number of pyridine rings is 1. The predicted octanol–water partition coefficient (Wildman–Crippen LogP) is 6.58. The largest absolute Gasteiger partial charge is 0.361 e. The third-order valence-corrected chi connectivity index (χ3v) is 6.01. The van der Waals surface area contributed by atoms with E-state index in [1.54, 1.807) is 6.07 Å². The van der Waals surface area contributed by atoms with E-state index in [4.69, 9.17) is 11.7 Å². The molecule has 3 aromatic carbocycles. The van der Waals surface area contributed by atoms with Crippen LogP contribution >= 0.6 is 15.9 Å². The first-order valence-corrected chi connectivity index (χ1v) is 10.6. The third kappa shape index (κ3) is 3.04. The number of aromatic nitrogens is 3. The van der Waals surface area contributed by atoms with Crippen molar-refractivity contribution < 1.29 is 0 Å². The van der Waals surface area contributed by atoms with Crippen LogP contribution in [0, 0.1) is 6.57 Å². The minimum Gasteiger partial charge on any atom is -0.361 e. The molecule has 0 unspecified atom stereocenters. The van der Waals surface area contributed by atoms with Crippen LogP contribution in [-0.4, -0.2) is 14.8 Å². The lowest BCUT2D eigenvalue weighted by Gasteiger charge is -2.36. The van der Waals surface area contributed by atoms with E-state index in [0.29, 0.717) is 15.9 Å². The number of fused-ring (bicyclic) bond motifs is 1. The van der Waals surface area contributed by atoms with Crippen molar-refractivity contribution in [3.63, 3.8) is 0 Å². The molecule has 0 saturated carbocycles. The Morgan fingerprint density at radius 1 is 0.710 bits per heavy atom. The molecule has 0 radical (unpaired) electrons. The minimum absolute atomic E-state index is 0.345. The molecule has 0 spiro atoms. The van der Waals surface area contributed by atoms with Crippen molar-refractivity contribution in [3.8, 4) is 0 Å². The highest BCUT2D eigenvalue weighted by molar-refractivity contribution is 9.10. The molecule has 0 amide bonds. The van der Waals surface area contributed by atoms with Gasteiger partial charge in [-0.2, -0.15) is 5.10 Å². The fourth-order valence-electron chi connectivity index (χ4n) is 4.18. The summed E-state index contributed by atoms with van der Waals surface area (Å²) in [6, 6.07) is 34.8. The molecule has 0 saturated heterocycles. The highest BCUT2D eigenvalue weighted by atomic mass is 79.9. The second-order valence-corrected chi connectivity index (χ2v) is 7.91. The van der Waals surface area contributed by atoms with Gasteiger partial charge < -0.3 is 4.85 Å². The van der Waals surface area contributed by atoms with Crippen molar-refractivity contribution in [2.75, 3.05) is 0 Å². The van der Waals surface area contributed by atoms with Crippen molar-refractivity contribution in [3.05, 3.63) is 136 Å². The van der Waals surface area contributed by atoms with Gasteiger partial charge in [0.25, 0.3) is 5.82 Å². The standard InChI is InChI=1S/C26H17BrN4/c1-28-23-18-17-22-24(29-23)25(27)30-31(22)26(19-11-5-2-6-12-19,20-13-7-3-8-14-20)21-15-9-4-10-16-21/h2-18H. The van der Waals surface area contributed by atoms with Gasteiger partial charge in [-0.3, -0.25) is 0 Å². The molecular weight excluding hydrogens is 448 g/mol. The van der Waals surface area contributed by atoms with Gasteiger partial charge in [0.2, 0.25) is 5.52 Å². The zero-order chi connectivity index (χ0) is 21.3. The molecule has 2 aromatic heterocycles. The maximum atomic E-state index is 7.34. The molecule has 0 bridgehead atoms. The normalized spacial score (nSPS) is 11.4. The maximum absolute atomic E-state index is 7.34. The number of hydrogen-bond donors (Lipinski definition) is 0. The molecule has 0 fully saturated rings. The Morgan fingerprint density at radius 2 is 1.19 bits per heavy atom. The summed E-state index contributed by atoms with van der Waals surface area (Å²) in [5, 5.41) is 4.93. The first kappa shape index (κ1) is 19.2. The molecule has 0 aliphatic carbocycles. The van der Waals surface area contributed by atoms with Crippen LogP contribution in [0.3, 0.4) is 0 Å². The summed E-state index contributed by atoms with van der Waals surface area (Å²) >= 11 is 3.59. The zero-order valence-corrected chi connectivity index (χ0v) is 18.1. The third-order valence-electron chi connectivity index (χ3n) is 5.48. The molecule has 5 heteroatoms. The Hall–Kier alpha value is -3.75. The molecule has 5 rings (SSSR count). The SMILES string of the molecule is [C-]#[N+]c1ccc2c(n1)c(Br)nn2C(c1ccccc1)(c1ccccc1)c1ccccc1. The van der Waals surface area contributed by atoms with E-state index in [1.807, 2.05) is 65.3 Å². The highest BCUT2D eigenvalue weighted by Gasteiger charge is 2.41. The first-order chi connectivity index (χ1) is 15.2. The van der Waals surface area contributed by atoms with Gasteiger partial charge in [0.15, 0.2) is 4.60 Å². The Labute approximate surface area is 188 Å². The van der Waals surface area contributed by atoms with E-state index >= 15 is 0 Å². The quantitative estimate of drug-likeness (QED) is 0.222. The summed E-state index contributed by atoms with van der Waals surface area (Å²) in [5.74, 6) is 0.345. The number of nitrogens with zero attached hydrogens (tertiary/aromatic N) is 4. The van der Waals surface area contributed by atoms with Crippen LogP contribution in [0.2, 0.25) is 0 Å². The van der Waals surface area contributed by atoms with E-state index in [0.717, 1.165) is 22.2 Å². The zero-order valence-electron chi connectivity index (χ0n) is 16.5. The van der Waals surface area contributed by atoms with Gasteiger partial charge in [0.05, 0.1) is 0 Å². The summed E-state index contributed by atoms with van der Waals surface area (Å²) in [6.07, 6.45) is 0. The van der Waals surface area contributed by atoms with Gasteiger partial charge in [-0.25, -0.2) is 4.68 Å². The highest BCUT2D eigenvalue weighted by Crippen LogP contribution is 2.43. The van der Waals surface area contributed by atoms with Gasteiger partial charge in [-0.15, -0.1) is 4.98 Å². The molecule has 0 N–H and O–H groups in total. The smallest absolute Gasteiger partial charge is 0.270 e. The molecular formula is C26H17BrN4. The monoisotopic (exact) mass is 464 g/mol. The minimum atomic E-state index is -0.727. The Kier molecular flexibility index (Phi) is 4.85. The molecule has 4 nitrogen and oxygen atoms in total. The lowest BCUT2D eigenvalue weighted by Crippen LogP contribution is -2.38. The second-order valence-electron chi connectivity index (χ2n) is 7.16. The Bertz CT molecular complexity index is 1290. The van der Waals surface area contributed by atoms with Gasteiger partial charge in [-0.05, 0) is 44.8 Å². The summed E-state index contributed by atoms with van der Waals surface area (Å²) in [5.41, 5.74) is 4.03. The van der Waals surface area contributed by atoms with Crippen LogP contribution in [0.4, 0.5) is 5.82 Å². The lowest BCUT2D eigenvalue weighted by molar-refractivity contribution is 0.473. The molecule has 0 aliphatic rings. The summed E-state index contributed by atoms with van der Waals surface area (Å²) in [4.78, 5) is 8.01. The van der Waals surface area contributed by atoms with E-state index in [2.05, 4.69) is 62.2 Å². The van der Waals surface area contributed by atoms with E-state index in [-0.39, 0.29) is 0 Å². The van der Waals surface area contributed by atoms with Gasteiger partial charge in [0.1, 0.15) is 11.1 Å². The lowest BCUT2D eigenvalue weighted by atomic mass is 9.77. The number of hydrogen-bond acceptors (Lipinski definition) is 2. The summed E-state index contributed by atoms with van der Waals surface area (Å²) < 4.78 is 2.63. The van der Waals surface area contributed by atoms with Crippen LogP contribution in [0.1, 0.15) is 16.7 Å². The van der Waals surface area contributed by atoms with Crippen LogP contribution < -0.4 is 0 Å². The average Bonchev–Trinajstić information content (AvgIpc) is 3.17. The van der Waals surface area contributed by atoms with Gasteiger partial charge >= 0.3 is 0 Å². The van der Waals surface area contributed by atoms with E-state index in [9.17, 15) is 0 Å². The van der Waals surface area contributed by atoms with Crippen LogP contribution in [-0.2, 0) is 5.54 Å². The number of halogens is 1. The fourth-order valence-corrected chi connectivity index (χ4v) is 4.63. The van der Waals surface area contributed by atoms with Crippen LogP contribution in [0.15, 0.2) is 108 Å². The van der Waals surface area contributed by atoms with Crippen LogP contribution in [0.5, 0.6) is 0 Å². The molecule has 31 heavy (non-hydrogen) atoms. The van der Waals surface area contributed by atoms with Crippen molar-refractivity contribution in [2.45, 2.75) is 5.54 Å². The van der Waals surface area contributed by atoms with Crippen molar-refractivity contribution in [1.82, 2.24) is 14.8 Å². The molecule has 0 aliphatic heterocycles. The maximum Gasteiger partial charge on any atom is 0.270 e. The average molecular weight is 465 g/mol. The Balaban J connectivity index is 1.97. The predicted molar refractivity (Wildman–Crippen MR) is 126 cm³/mol. The molecule has 148 valence electrons. The molecule has 0 atom stereocenters. The van der Waals surface area contributed by atoms with Crippen LogP contribution in [0.25, 0.3) is 15.9 Å². The van der Waals surface area contributed by atoms with Gasteiger partial charge in [-0.1, -0.05) is 97.6 Å². The van der Waals surface area contributed by atoms with E-state index < -0.39 is 5.54 Å². The topological polar surface area (TPSA) is 35.1 Å². The first-order valence-electron chi connectivity index (χ1n) is 9.85. The van der Waals surface area contributed by atoms with Crippen molar-refractivity contribution in [1.29, 1.82) is 0 Å². The Morgan fingerprint density at radius 3 is 1.65 bits per heavy atom. The van der Waals surface area contributed by atoms with Gasteiger partial charge in [0, 0.05) is 0 Å². The summed E-state index contributed by atoms with van der Waals surface area (Å²) in [6.45, 7) is 7.34. The molecule has 5 aromatic rings. The second kappa shape index (κ2) is 7.82. The molecule has 2 heterocycles. The number of rotatable bonds is 4. The van der Waals surface area contributed by atoms with Crippen molar-refractivity contribution >= 4 is 32.8 Å². The van der Waals surface area contributed by atoms with Crippen molar-refractivity contribution in [2.24, 2.45) is 0 Å². The summed E-state index contributed by atoms with van der Waals surface area (Å²) in [7, 11) is 0. The fraction of sp³-hybridized carbons (Fsp3) is 0.0385. The number of benzene rings is 3. The van der Waals surface area contributed by atoms with E-state index in [1.165, 1.54) is 0 Å².